The highest BCUT2D eigenvalue weighted by atomic mass is 79.9. The molecule has 0 aliphatic carbocycles. The van der Waals surface area contributed by atoms with Crippen LogP contribution in [0.2, 0.25) is 0 Å². The lowest BCUT2D eigenvalue weighted by Crippen LogP contribution is -2.19. The summed E-state index contributed by atoms with van der Waals surface area (Å²) in [6.45, 7) is 3.81. The number of nitrogens with zero attached hydrogens (tertiary/aromatic N) is 4. The molecule has 2 aromatic rings. The minimum atomic E-state index is -0.249. The Balaban J connectivity index is 2.34. The maximum absolute atomic E-state index is 11.6. The molecule has 0 radical (unpaired) electrons. The van der Waals surface area contributed by atoms with E-state index in [0.29, 0.717) is 20.7 Å². The molecular weight excluding hydrogens is 334 g/mol. The highest BCUT2D eigenvalue weighted by Crippen LogP contribution is 2.28. The second-order valence-corrected chi connectivity index (χ2v) is 5.68. The molecule has 2 heterocycles. The van der Waals surface area contributed by atoms with Crippen molar-refractivity contribution in [2.45, 2.75) is 30.2 Å². The van der Waals surface area contributed by atoms with Gasteiger partial charge in [0.25, 0.3) is 0 Å². The Kier molecular flexibility index (Phi) is 4.25. The Morgan fingerprint density at radius 2 is 2.26 bits per heavy atom. The van der Waals surface area contributed by atoms with Crippen LogP contribution in [0.5, 0.6) is 5.88 Å². The fraction of sp³-hybridized carbons (Fsp3) is 0.400. The Bertz CT molecular complexity index is 639. The molecule has 0 unspecified atom stereocenters. The highest BCUT2D eigenvalue weighted by molar-refractivity contribution is 9.10. The summed E-state index contributed by atoms with van der Waals surface area (Å²) in [4.78, 5) is 20.0. The van der Waals surface area contributed by atoms with Crippen molar-refractivity contribution >= 4 is 27.7 Å². The Morgan fingerprint density at radius 1 is 1.53 bits per heavy atom. The first-order chi connectivity index (χ1) is 9.02. The normalized spacial score (nSPS) is 11.0. The van der Waals surface area contributed by atoms with E-state index in [1.807, 2.05) is 13.8 Å². The predicted octanol–water partition coefficient (Wildman–Crippen LogP) is 1.86. The van der Waals surface area contributed by atoms with Crippen LogP contribution in [0.4, 0.5) is 0 Å². The summed E-state index contributed by atoms with van der Waals surface area (Å²) in [5, 5.41) is 7.36. The van der Waals surface area contributed by atoms with Gasteiger partial charge in [-0.2, -0.15) is 4.98 Å². The van der Waals surface area contributed by atoms with E-state index in [9.17, 15) is 4.79 Å². The first kappa shape index (κ1) is 14.1. The van der Waals surface area contributed by atoms with E-state index in [2.05, 4.69) is 36.1 Å². The van der Waals surface area contributed by atoms with Crippen LogP contribution >= 0.6 is 27.7 Å². The first-order valence-electron chi connectivity index (χ1n) is 5.44. The van der Waals surface area contributed by atoms with E-state index in [1.165, 1.54) is 18.9 Å². The fourth-order valence-corrected chi connectivity index (χ4v) is 2.66. The number of H-pyrrole nitrogens is 1. The molecule has 0 atom stereocenters. The monoisotopic (exact) mass is 345 g/mol. The van der Waals surface area contributed by atoms with E-state index < -0.39 is 0 Å². The van der Waals surface area contributed by atoms with Gasteiger partial charge in [-0.15, -0.1) is 5.10 Å². The zero-order valence-corrected chi connectivity index (χ0v) is 12.9. The minimum Gasteiger partial charge on any atom is -0.480 e. The van der Waals surface area contributed by atoms with Crippen molar-refractivity contribution in [1.82, 2.24) is 24.7 Å². The van der Waals surface area contributed by atoms with Crippen molar-refractivity contribution in [3.8, 4) is 5.88 Å². The molecule has 0 fully saturated rings. The zero-order valence-electron chi connectivity index (χ0n) is 10.5. The molecule has 19 heavy (non-hydrogen) atoms. The molecule has 0 bridgehead atoms. The summed E-state index contributed by atoms with van der Waals surface area (Å²) < 4.78 is 7.31. The van der Waals surface area contributed by atoms with E-state index in [4.69, 9.17) is 4.74 Å². The number of aromatic nitrogens is 5. The van der Waals surface area contributed by atoms with Gasteiger partial charge < -0.3 is 4.74 Å². The minimum absolute atomic E-state index is 0.00564. The summed E-state index contributed by atoms with van der Waals surface area (Å²) in [5.74, 6) is 0.437. The number of rotatable bonds is 4. The maximum atomic E-state index is 11.6. The summed E-state index contributed by atoms with van der Waals surface area (Å²) in [7, 11) is 1.53. The molecule has 0 amide bonds. The predicted molar refractivity (Wildman–Crippen MR) is 73.6 cm³/mol. The van der Waals surface area contributed by atoms with E-state index in [0.717, 1.165) is 0 Å². The number of ether oxygens (including phenoxy) is 1. The van der Waals surface area contributed by atoms with Gasteiger partial charge in [-0.3, -0.25) is 4.57 Å². The quantitative estimate of drug-likeness (QED) is 0.851. The average Bonchev–Trinajstić information content (AvgIpc) is 2.73. The van der Waals surface area contributed by atoms with E-state index in [1.54, 1.807) is 10.8 Å². The second kappa shape index (κ2) is 5.74. The van der Waals surface area contributed by atoms with Gasteiger partial charge in [0.2, 0.25) is 5.88 Å². The maximum Gasteiger partial charge on any atom is 0.344 e. The van der Waals surface area contributed by atoms with Crippen LogP contribution in [0, 0.1) is 0 Å². The SMILES string of the molecule is COc1nc(Sc2n[nH]c(=O)n2C(C)C)ncc1Br. The standard InChI is InChI=1S/C10H12BrN5O2S/c1-5(2)16-9(17)14-15-10(16)19-8-12-4-6(11)7(13-8)18-3/h4-5H,1-3H3,(H,14,17). The fourth-order valence-electron chi connectivity index (χ4n) is 1.43. The summed E-state index contributed by atoms with van der Waals surface area (Å²) in [6, 6.07) is 0.00564. The molecule has 7 nitrogen and oxygen atoms in total. The Hall–Kier alpha value is -1.35. The smallest absolute Gasteiger partial charge is 0.344 e. The van der Waals surface area contributed by atoms with Crippen LogP contribution in [-0.4, -0.2) is 31.8 Å². The van der Waals surface area contributed by atoms with Gasteiger partial charge >= 0.3 is 5.69 Å². The lowest BCUT2D eigenvalue weighted by atomic mass is 10.4. The molecular formula is C10H12BrN5O2S. The molecule has 0 saturated carbocycles. The number of aromatic amines is 1. The lowest BCUT2D eigenvalue weighted by Gasteiger charge is -2.08. The van der Waals surface area contributed by atoms with Gasteiger partial charge in [-0.25, -0.2) is 14.9 Å². The highest BCUT2D eigenvalue weighted by Gasteiger charge is 2.15. The zero-order chi connectivity index (χ0) is 14.0. The van der Waals surface area contributed by atoms with Crippen molar-refractivity contribution in [2.75, 3.05) is 7.11 Å². The number of halogens is 1. The van der Waals surface area contributed by atoms with E-state index >= 15 is 0 Å². The van der Waals surface area contributed by atoms with Gasteiger partial charge in [-0.1, -0.05) is 0 Å². The molecule has 0 aromatic carbocycles. The number of nitrogens with one attached hydrogen (secondary N) is 1. The lowest BCUT2D eigenvalue weighted by molar-refractivity contribution is 0.389. The molecule has 0 spiro atoms. The largest absolute Gasteiger partial charge is 0.480 e. The third kappa shape index (κ3) is 2.98. The van der Waals surface area contributed by atoms with Gasteiger partial charge in [-0.05, 0) is 41.5 Å². The molecule has 0 aliphatic rings. The molecule has 1 N–H and O–H groups in total. The van der Waals surface area contributed by atoms with Crippen LogP contribution in [0.1, 0.15) is 19.9 Å². The van der Waals surface area contributed by atoms with E-state index in [-0.39, 0.29) is 11.7 Å². The van der Waals surface area contributed by atoms with Gasteiger partial charge in [0.05, 0.1) is 11.6 Å². The second-order valence-electron chi connectivity index (χ2n) is 3.89. The number of hydrogen-bond acceptors (Lipinski definition) is 6. The number of hydrogen-bond donors (Lipinski definition) is 1. The summed E-state index contributed by atoms with van der Waals surface area (Å²) in [6.07, 6.45) is 1.60. The van der Waals surface area contributed by atoms with Crippen molar-refractivity contribution in [1.29, 1.82) is 0 Å². The molecule has 9 heteroatoms. The van der Waals surface area contributed by atoms with Crippen LogP contribution in [0.25, 0.3) is 0 Å². The summed E-state index contributed by atoms with van der Waals surface area (Å²) in [5.41, 5.74) is -0.249. The van der Waals surface area contributed by atoms with Gasteiger partial charge in [0, 0.05) is 12.2 Å². The average molecular weight is 346 g/mol. The molecule has 2 aromatic heterocycles. The molecule has 102 valence electrons. The molecule has 2 rings (SSSR count). The Morgan fingerprint density at radius 3 is 2.89 bits per heavy atom. The van der Waals surface area contributed by atoms with Crippen LogP contribution < -0.4 is 10.4 Å². The Labute approximate surface area is 121 Å². The van der Waals surface area contributed by atoms with Crippen molar-refractivity contribution in [2.24, 2.45) is 0 Å². The van der Waals surface area contributed by atoms with Crippen molar-refractivity contribution in [3.05, 3.63) is 21.2 Å². The van der Waals surface area contributed by atoms with Crippen LogP contribution in [0.15, 0.2) is 25.8 Å². The first-order valence-corrected chi connectivity index (χ1v) is 7.05. The van der Waals surface area contributed by atoms with Gasteiger partial charge in [0.15, 0.2) is 10.3 Å². The van der Waals surface area contributed by atoms with Crippen LogP contribution in [-0.2, 0) is 0 Å². The third-order valence-corrected chi connectivity index (χ3v) is 3.65. The molecule has 0 saturated heterocycles. The third-order valence-electron chi connectivity index (χ3n) is 2.25. The van der Waals surface area contributed by atoms with Crippen LogP contribution in [0.3, 0.4) is 0 Å². The topological polar surface area (TPSA) is 85.7 Å². The number of methoxy groups -OCH3 is 1. The van der Waals surface area contributed by atoms with Crippen molar-refractivity contribution < 1.29 is 4.74 Å². The van der Waals surface area contributed by atoms with Gasteiger partial charge in [0.1, 0.15) is 0 Å². The molecule has 0 aliphatic heterocycles. The van der Waals surface area contributed by atoms with Crippen molar-refractivity contribution in [3.63, 3.8) is 0 Å². The summed E-state index contributed by atoms with van der Waals surface area (Å²) >= 11 is 4.48.